The Kier molecular flexibility index (Phi) is 8.54. The Bertz CT molecular complexity index is 955. The lowest BCUT2D eigenvalue weighted by molar-refractivity contribution is 0.120. The summed E-state index contributed by atoms with van der Waals surface area (Å²) in [5, 5.41) is 24.9. The van der Waals surface area contributed by atoms with Gasteiger partial charge in [-0.25, -0.2) is 0 Å². The fourth-order valence-electron chi connectivity index (χ4n) is 4.12. The van der Waals surface area contributed by atoms with Gasteiger partial charge in [0.1, 0.15) is 11.5 Å². The Morgan fingerprint density at radius 1 is 0.697 bits per heavy atom. The Morgan fingerprint density at radius 3 is 1.55 bits per heavy atom. The van der Waals surface area contributed by atoms with Crippen LogP contribution in [-0.2, 0) is 13.1 Å². The SMILES string of the molecule is Oc1c2cc(Br)cc1CN1CCN(CC1)Cc1cc(Br)cc(c1O)C=NCCNCCN=C2. The van der Waals surface area contributed by atoms with E-state index in [0.717, 1.165) is 70.5 Å². The minimum atomic E-state index is 0.296. The predicted octanol–water partition coefficient (Wildman–Crippen LogP) is 3.38. The second-order valence-electron chi connectivity index (χ2n) is 8.38. The summed E-state index contributed by atoms with van der Waals surface area (Å²) in [6.45, 7) is 7.62. The van der Waals surface area contributed by atoms with Crippen LogP contribution in [0.25, 0.3) is 0 Å². The summed E-state index contributed by atoms with van der Waals surface area (Å²) >= 11 is 7.15. The molecule has 0 aromatic heterocycles. The van der Waals surface area contributed by atoms with E-state index in [1.165, 1.54) is 0 Å². The van der Waals surface area contributed by atoms with Crippen LogP contribution in [0.4, 0.5) is 0 Å². The standard InChI is InChI=1S/C24H29Br2N5O2/c25-21-9-17-13-28-3-1-27-2-4-29-14-18-10-22(26)12-20(24(18)33)16-31-7-5-30(6-8-31)15-19(11-21)23(17)32/h9-14,27,32-33H,1-8,15-16H2. The van der Waals surface area contributed by atoms with Gasteiger partial charge in [-0.15, -0.1) is 0 Å². The van der Waals surface area contributed by atoms with Gasteiger partial charge in [-0.2, -0.15) is 0 Å². The average Bonchev–Trinajstić information content (AvgIpc) is 2.79. The minimum Gasteiger partial charge on any atom is -0.507 e. The van der Waals surface area contributed by atoms with E-state index in [-0.39, 0.29) is 0 Å². The molecule has 2 aromatic carbocycles. The number of aliphatic imine (C=N–C) groups is 2. The minimum absolute atomic E-state index is 0.296. The zero-order chi connectivity index (χ0) is 23.2. The molecule has 0 saturated carbocycles. The maximum Gasteiger partial charge on any atom is 0.128 e. The largest absolute Gasteiger partial charge is 0.507 e. The van der Waals surface area contributed by atoms with Crippen molar-refractivity contribution in [2.75, 3.05) is 52.4 Å². The highest BCUT2D eigenvalue weighted by Gasteiger charge is 2.21. The zero-order valence-electron chi connectivity index (χ0n) is 18.5. The molecular weight excluding hydrogens is 550 g/mol. The van der Waals surface area contributed by atoms with Gasteiger partial charge in [-0.05, 0) is 24.3 Å². The monoisotopic (exact) mass is 577 g/mol. The normalized spacial score (nSPS) is 22.1. The number of nitrogens with zero attached hydrogens (tertiary/aromatic N) is 4. The van der Waals surface area contributed by atoms with Crippen molar-refractivity contribution in [3.05, 3.63) is 55.5 Å². The molecule has 0 atom stereocenters. The molecule has 0 spiro atoms. The van der Waals surface area contributed by atoms with E-state index in [4.69, 9.17) is 0 Å². The Balaban J connectivity index is 1.56. The third kappa shape index (κ3) is 6.64. The first kappa shape index (κ1) is 24.3. The van der Waals surface area contributed by atoms with Crippen molar-refractivity contribution in [2.45, 2.75) is 13.1 Å². The smallest absolute Gasteiger partial charge is 0.128 e. The van der Waals surface area contributed by atoms with Gasteiger partial charge in [0, 0.05) is 96.0 Å². The lowest BCUT2D eigenvalue weighted by Gasteiger charge is -2.35. The van der Waals surface area contributed by atoms with Crippen LogP contribution < -0.4 is 5.32 Å². The quantitative estimate of drug-likeness (QED) is 0.417. The second-order valence-corrected chi connectivity index (χ2v) is 10.2. The van der Waals surface area contributed by atoms with E-state index >= 15 is 0 Å². The lowest BCUT2D eigenvalue weighted by atomic mass is 10.1. The first-order valence-corrected chi connectivity index (χ1v) is 12.8. The van der Waals surface area contributed by atoms with E-state index in [0.29, 0.717) is 37.7 Å². The molecule has 2 aromatic rings. The highest BCUT2D eigenvalue weighted by Crippen LogP contribution is 2.30. The first-order chi connectivity index (χ1) is 16.0. The number of phenols is 2. The van der Waals surface area contributed by atoms with E-state index in [1.54, 1.807) is 12.4 Å². The number of halogens is 2. The van der Waals surface area contributed by atoms with Crippen LogP contribution in [0.3, 0.4) is 0 Å². The van der Waals surface area contributed by atoms with Crippen molar-refractivity contribution in [1.29, 1.82) is 0 Å². The average molecular weight is 579 g/mol. The fourth-order valence-corrected chi connectivity index (χ4v) is 5.17. The topological polar surface area (TPSA) is 83.7 Å². The molecule has 0 aliphatic carbocycles. The van der Waals surface area contributed by atoms with Crippen molar-refractivity contribution < 1.29 is 10.2 Å². The summed E-state index contributed by atoms with van der Waals surface area (Å²) in [7, 11) is 0. The number of piperazine rings is 1. The van der Waals surface area contributed by atoms with E-state index in [2.05, 4.69) is 57.0 Å². The van der Waals surface area contributed by atoms with Crippen molar-refractivity contribution >= 4 is 44.3 Å². The van der Waals surface area contributed by atoms with Gasteiger partial charge in [0.2, 0.25) is 0 Å². The fraction of sp³-hybridized carbons (Fsp3) is 0.417. The van der Waals surface area contributed by atoms with E-state index in [9.17, 15) is 10.2 Å². The predicted molar refractivity (Wildman–Crippen MR) is 140 cm³/mol. The molecule has 3 heterocycles. The molecule has 33 heavy (non-hydrogen) atoms. The van der Waals surface area contributed by atoms with E-state index in [1.807, 2.05) is 24.3 Å². The number of hydrogen-bond donors (Lipinski definition) is 3. The lowest BCUT2D eigenvalue weighted by Crippen LogP contribution is -2.45. The van der Waals surface area contributed by atoms with Gasteiger partial charge in [-0.1, -0.05) is 31.9 Å². The molecule has 0 radical (unpaired) electrons. The number of hydrogen-bond acceptors (Lipinski definition) is 7. The Labute approximate surface area is 211 Å². The maximum atomic E-state index is 10.8. The van der Waals surface area contributed by atoms with Crippen LogP contribution in [0.1, 0.15) is 22.3 Å². The summed E-state index contributed by atoms with van der Waals surface area (Å²) in [6.07, 6.45) is 3.49. The van der Waals surface area contributed by atoms with Gasteiger partial charge in [0.05, 0.1) is 13.1 Å². The van der Waals surface area contributed by atoms with Crippen molar-refractivity contribution in [3.63, 3.8) is 0 Å². The first-order valence-electron chi connectivity index (χ1n) is 11.2. The van der Waals surface area contributed by atoms with Crippen LogP contribution in [0.2, 0.25) is 0 Å². The van der Waals surface area contributed by atoms with E-state index < -0.39 is 0 Å². The number of nitrogens with one attached hydrogen (secondary N) is 1. The van der Waals surface area contributed by atoms with Gasteiger partial charge in [-0.3, -0.25) is 19.8 Å². The van der Waals surface area contributed by atoms with Crippen LogP contribution in [0, 0.1) is 0 Å². The Hall–Kier alpha value is -1.78. The molecule has 5 rings (SSSR count). The molecule has 1 saturated heterocycles. The zero-order valence-corrected chi connectivity index (χ0v) is 21.6. The third-order valence-corrected chi connectivity index (χ3v) is 6.83. The molecule has 176 valence electrons. The molecule has 6 bridgehead atoms. The van der Waals surface area contributed by atoms with Gasteiger partial charge in [0.15, 0.2) is 0 Å². The van der Waals surface area contributed by atoms with Gasteiger partial charge >= 0.3 is 0 Å². The van der Waals surface area contributed by atoms with Gasteiger partial charge in [0.25, 0.3) is 0 Å². The number of aromatic hydroxyl groups is 2. The number of phenolic OH excluding ortho intramolecular Hbond substituents is 2. The van der Waals surface area contributed by atoms with Crippen LogP contribution in [0.15, 0.2) is 43.2 Å². The molecule has 3 aliphatic heterocycles. The molecule has 3 N–H and O–H groups in total. The molecule has 0 amide bonds. The maximum absolute atomic E-state index is 10.8. The van der Waals surface area contributed by atoms with Crippen LogP contribution in [0.5, 0.6) is 11.5 Å². The Morgan fingerprint density at radius 2 is 1.12 bits per heavy atom. The van der Waals surface area contributed by atoms with Crippen LogP contribution in [-0.4, -0.2) is 84.8 Å². The second kappa shape index (κ2) is 11.6. The molecule has 3 aliphatic rings. The number of benzene rings is 2. The summed E-state index contributed by atoms with van der Waals surface area (Å²) in [5.74, 6) is 0.591. The molecule has 1 fully saturated rings. The van der Waals surface area contributed by atoms with Crippen molar-refractivity contribution in [1.82, 2.24) is 15.1 Å². The van der Waals surface area contributed by atoms with Crippen molar-refractivity contribution in [2.24, 2.45) is 9.98 Å². The van der Waals surface area contributed by atoms with Crippen molar-refractivity contribution in [3.8, 4) is 11.5 Å². The summed E-state index contributed by atoms with van der Waals surface area (Å²) < 4.78 is 1.87. The molecular formula is C24H29Br2N5O2. The highest BCUT2D eigenvalue weighted by atomic mass is 79.9. The summed E-state index contributed by atoms with van der Waals surface area (Å²) in [4.78, 5) is 13.6. The number of rotatable bonds is 0. The third-order valence-electron chi connectivity index (χ3n) is 5.92. The summed E-state index contributed by atoms with van der Waals surface area (Å²) in [6, 6.07) is 7.77. The van der Waals surface area contributed by atoms with Gasteiger partial charge < -0.3 is 15.5 Å². The molecule has 9 heteroatoms. The highest BCUT2D eigenvalue weighted by molar-refractivity contribution is 9.10. The number of fused-ring (bicyclic) bond motifs is 8. The molecule has 0 unspecified atom stereocenters. The van der Waals surface area contributed by atoms with Crippen LogP contribution >= 0.6 is 31.9 Å². The summed E-state index contributed by atoms with van der Waals surface area (Å²) in [5.41, 5.74) is 3.26. The molecule has 7 nitrogen and oxygen atoms in total.